The molecule has 0 spiro atoms. The van der Waals surface area contributed by atoms with Gasteiger partial charge in [0.15, 0.2) is 0 Å². The lowest BCUT2D eigenvalue weighted by atomic mass is 9.99. The fourth-order valence-corrected chi connectivity index (χ4v) is 3.36. The highest BCUT2D eigenvalue weighted by Crippen LogP contribution is 2.28. The quantitative estimate of drug-likeness (QED) is 0.866. The van der Waals surface area contributed by atoms with Gasteiger partial charge in [0, 0.05) is 35.5 Å². The molecule has 1 N–H and O–H groups in total. The Labute approximate surface area is 124 Å². The standard InChI is InChI=1S/C14H20Cl2N2O/c1-10-8-13(15)12(14(16)17-10)9-18-6-3-2-4-11(18)5-7-19/h8,11,19H,2-7,9H2,1H3. The van der Waals surface area contributed by atoms with Crippen molar-refractivity contribution in [2.24, 2.45) is 0 Å². The Balaban J connectivity index is 2.15. The second kappa shape index (κ2) is 6.89. The average molecular weight is 303 g/mol. The molecule has 1 fully saturated rings. The highest BCUT2D eigenvalue weighted by Gasteiger charge is 2.23. The number of hydrogen-bond donors (Lipinski definition) is 1. The minimum Gasteiger partial charge on any atom is -0.396 e. The third-order valence-electron chi connectivity index (χ3n) is 3.72. The van der Waals surface area contributed by atoms with Gasteiger partial charge in [-0.05, 0) is 38.8 Å². The predicted molar refractivity (Wildman–Crippen MR) is 78.7 cm³/mol. The molecule has 106 valence electrons. The van der Waals surface area contributed by atoms with Crippen LogP contribution in [0, 0.1) is 6.92 Å². The lowest BCUT2D eigenvalue weighted by molar-refractivity contribution is 0.112. The highest BCUT2D eigenvalue weighted by molar-refractivity contribution is 6.35. The second-order valence-corrected chi connectivity index (χ2v) is 5.91. The van der Waals surface area contributed by atoms with E-state index in [4.69, 9.17) is 28.3 Å². The number of aromatic nitrogens is 1. The molecule has 1 aromatic rings. The number of nitrogens with zero attached hydrogens (tertiary/aromatic N) is 2. The van der Waals surface area contributed by atoms with Gasteiger partial charge in [-0.2, -0.15) is 0 Å². The van der Waals surface area contributed by atoms with E-state index in [9.17, 15) is 0 Å². The van der Waals surface area contributed by atoms with Crippen LogP contribution in [-0.4, -0.2) is 34.2 Å². The van der Waals surface area contributed by atoms with Crippen molar-refractivity contribution in [2.75, 3.05) is 13.2 Å². The maximum Gasteiger partial charge on any atom is 0.135 e. The minimum absolute atomic E-state index is 0.231. The topological polar surface area (TPSA) is 36.4 Å². The minimum atomic E-state index is 0.231. The number of rotatable bonds is 4. The SMILES string of the molecule is Cc1cc(Cl)c(CN2CCCCC2CCO)c(Cl)n1. The number of piperidine rings is 1. The number of halogens is 2. The van der Waals surface area contributed by atoms with Gasteiger partial charge in [0.2, 0.25) is 0 Å². The number of likely N-dealkylation sites (tertiary alicyclic amines) is 1. The van der Waals surface area contributed by atoms with E-state index < -0.39 is 0 Å². The zero-order valence-electron chi connectivity index (χ0n) is 11.2. The van der Waals surface area contributed by atoms with Crippen LogP contribution >= 0.6 is 23.2 Å². The number of pyridine rings is 1. The maximum atomic E-state index is 9.16. The molecule has 0 amide bonds. The van der Waals surface area contributed by atoms with Gasteiger partial charge in [-0.3, -0.25) is 4.90 Å². The first-order valence-corrected chi connectivity index (χ1v) is 7.54. The fourth-order valence-electron chi connectivity index (χ4n) is 2.71. The number of aliphatic hydroxyl groups is 1. The summed E-state index contributed by atoms with van der Waals surface area (Å²) in [5, 5.41) is 10.3. The molecule has 3 nitrogen and oxygen atoms in total. The van der Waals surface area contributed by atoms with Gasteiger partial charge >= 0.3 is 0 Å². The van der Waals surface area contributed by atoms with Crippen molar-refractivity contribution < 1.29 is 5.11 Å². The molecule has 0 bridgehead atoms. The summed E-state index contributed by atoms with van der Waals surface area (Å²) < 4.78 is 0. The summed E-state index contributed by atoms with van der Waals surface area (Å²) in [6, 6.07) is 2.28. The molecule has 5 heteroatoms. The van der Waals surface area contributed by atoms with Crippen LogP contribution in [0.2, 0.25) is 10.2 Å². The first-order chi connectivity index (χ1) is 9.11. The number of hydrogen-bond acceptors (Lipinski definition) is 3. The number of aryl methyl sites for hydroxylation is 1. The molecule has 0 aliphatic carbocycles. The van der Waals surface area contributed by atoms with Crippen LogP contribution in [0.3, 0.4) is 0 Å². The molecule has 1 unspecified atom stereocenters. The monoisotopic (exact) mass is 302 g/mol. The molecule has 1 aliphatic rings. The summed E-state index contributed by atoms with van der Waals surface area (Å²) in [6.07, 6.45) is 4.37. The summed E-state index contributed by atoms with van der Waals surface area (Å²) >= 11 is 12.5. The van der Waals surface area contributed by atoms with E-state index in [-0.39, 0.29) is 6.61 Å². The Bertz CT molecular complexity index is 414. The third-order valence-corrected chi connectivity index (χ3v) is 4.37. The average Bonchev–Trinajstić information content (AvgIpc) is 2.36. The van der Waals surface area contributed by atoms with Gasteiger partial charge in [-0.1, -0.05) is 29.6 Å². The molecule has 1 atom stereocenters. The van der Waals surface area contributed by atoms with Crippen molar-refractivity contribution in [2.45, 2.75) is 45.2 Å². The van der Waals surface area contributed by atoms with Crippen molar-refractivity contribution in [3.63, 3.8) is 0 Å². The largest absolute Gasteiger partial charge is 0.396 e. The molecule has 19 heavy (non-hydrogen) atoms. The molecular weight excluding hydrogens is 283 g/mol. The summed E-state index contributed by atoms with van der Waals surface area (Å²) in [5.41, 5.74) is 1.74. The Hall–Kier alpha value is -0.350. The van der Waals surface area contributed by atoms with Gasteiger partial charge in [-0.15, -0.1) is 0 Å². The Morgan fingerprint density at radius 3 is 2.89 bits per heavy atom. The van der Waals surface area contributed by atoms with Crippen molar-refractivity contribution in [1.82, 2.24) is 9.88 Å². The van der Waals surface area contributed by atoms with Crippen LogP contribution in [0.4, 0.5) is 0 Å². The van der Waals surface area contributed by atoms with Crippen LogP contribution in [0.1, 0.15) is 36.9 Å². The van der Waals surface area contributed by atoms with Crippen molar-refractivity contribution in [3.8, 4) is 0 Å². The van der Waals surface area contributed by atoms with E-state index in [1.807, 2.05) is 13.0 Å². The molecule has 1 aromatic heterocycles. The number of aliphatic hydroxyl groups excluding tert-OH is 1. The first kappa shape index (κ1) is 15.0. The van der Waals surface area contributed by atoms with E-state index in [0.717, 1.165) is 37.2 Å². The van der Waals surface area contributed by atoms with Gasteiger partial charge in [0.25, 0.3) is 0 Å². The van der Waals surface area contributed by atoms with Crippen LogP contribution < -0.4 is 0 Å². The zero-order chi connectivity index (χ0) is 13.8. The van der Waals surface area contributed by atoms with Crippen LogP contribution in [0.5, 0.6) is 0 Å². The zero-order valence-corrected chi connectivity index (χ0v) is 12.7. The van der Waals surface area contributed by atoms with E-state index in [1.165, 1.54) is 12.8 Å². The van der Waals surface area contributed by atoms with Crippen molar-refractivity contribution in [3.05, 3.63) is 27.5 Å². The summed E-state index contributed by atoms with van der Waals surface area (Å²) in [5.74, 6) is 0. The lowest BCUT2D eigenvalue weighted by Crippen LogP contribution is -2.39. The van der Waals surface area contributed by atoms with Crippen LogP contribution in [-0.2, 0) is 6.54 Å². The summed E-state index contributed by atoms with van der Waals surface area (Å²) in [4.78, 5) is 6.64. The van der Waals surface area contributed by atoms with Gasteiger partial charge in [-0.25, -0.2) is 4.98 Å². The van der Waals surface area contributed by atoms with Gasteiger partial charge in [0.05, 0.1) is 0 Å². The van der Waals surface area contributed by atoms with E-state index in [0.29, 0.717) is 16.2 Å². The molecule has 2 heterocycles. The van der Waals surface area contributed by atoms with Gasteiger partial charge in [0.1, 0.15) is 5.15 Å². The first-order valence-electron chi connectivity index (χ1n) is 6.78. The molecule has 0 aromatic carbocycles. The Kier molecular flexibility index (Phi) is 5.46. The highest BCUT2D eigenvalue weighted by atomic mass is 35.5. The van der Waals surface area contributed by atoms with Crippen molar-refractivity contribution >= 4 is 23.2 Å². The third kappa shape index (κ3) is 3.82. The molecule has 2 rings (SSSR count). The molecule has 0 radical (unpaired) electrons. The van der Waals surface area contributed by atoms with Crippen molar-refractivity contribution in [1.29, 1.82) is 0 Å². The normalized spacial score (nSPS) is 20.7. The van der Waals surface area contributed by atoms with Crippen LogP contribution in [0.15, 0.2) is 6.07 Å². The van der Waals surface area contributed by atoms with E-state index >= 15 is 0 Å². The Morgan fingerprint density at radius 2 is 2.21 bits per heavy atom. The maximum absolute atomic E-state index is 9.16. The Morgan fingerprint density at radius 1 is 1.42 bits per heavy atom. The van der Waals surface area contributed by atoms with E-state index in [1.54, 1.807) is 0 Å². The lowest BCUT2D eigenvalue weighted by Gasteiger charge is -2.35. The van der Waals surface area contributed by atoms with Crippen LogP contribution in [0.25, 0.3) is 0 Å². The summed E-state index contributed by atoms with van der Waals surface area (Å²) in [7, 11) is 0. The summed E-state index contributed by atoms with van der Waals surface area (Å²) in [6.45, 7) is 3.87. The smallest absolute Gasteiger partial charge is 0.135 e. The second-order valence-electron chi connectivity index (χ2n) is 5.15. The molecular formula is C14H20Cl2N2O. The fraction of sp³-hybridized carbons (Fsp3) is 0.643. The van der Waals surface area contributed by atoms with E-state index in [2.05, 4.69) is 9.88 Å². The molecule has 1 aliphatic heterocycles. The molecule has 1 saturated heterocycles. The van der Waals surface area contributed by atoms with Gasteiger partial charge < -0.3 is 5.11 Å². The predicted octanol–water partition coefficient (Wildman–Crippen LogP) is 3.43. The molecule has 0 saturated carbocycles.